The third kappa shape index (κ3) is 3.71. The molecule has 5 nitrogen and oxygen atoms in total. The van der Waals surface area contributed by atoms with E-state index in [1.165, 1.54) is 4.90 Å². The maximum absolute atomic E-state index is 12.9. The van der Waals surface area contributed by atoms with Crippen molar-refractivity contribution in [2.75, 3.05) is 13.1 Å². The summed E-state index contributed by atoms with van der Waals surface area (Å²) < 4.78 is 0. The Morgan fingerprint density at radius 2 is 1.50 bits per heavy atom. The van der Waals surface area contributed by atoms with E-state index in [0.717, 1.165) is 16.3 Å². The Morgan fingerprint density at radius 3 is 2.10 bits per heavy atom. The first kappa shape index (κ1) is 19.8. The van der Waals surface area contributed by atoms with E-state index in [2.05, 4.69) is 0 Å². The summed E-state index contributed by atoms with van der Waals surface area (Å²) in [5.74, 6) is -0.539. The lowest BCUT2D eigenvalue weighted by atomic mass is 9.94. The van der Waals surface area contributed by atoms with E-state index >= 15 is 0 Å². The first-order chi connectivity index (χ1) is 14.6. The van der Waals surface area contributed by atoms with Crippen molar-refractivity contribution in [2.24, 2.45) is 0 Å². The molecule has 3 aromatic rings. The molecule has 1 aliphatic heterocycles. The van der Waals surface area contributed by atoms with Crippen LogP contribution < -0.4 is 0 Å². The Hall–Kier alpha value is -3.47. The van der Waals surface area contributed by atoms with Crippen LogP contribution in [0.3, 0.4) is 0 Å². The summed E-state index contributed by atoms with van der Waals surface area (Å²) in [6.45, 7) is 3.37. The van der Waals surface area contributed by atoms with Gasteiger partial charge in [-0.1, -0.05) is 54.6 Å². The van der Waals surface area contributed by atoms with E-state index in [0.29, 0.717) is 37.1 Å². The molecule has 0 bridgehead atoms. The van der Waals surface area contributed by atoms with Crippen LogP contribution in [0.5, 0.6) is 0 Å². The summed E-state index contributed by atoms with van der Waals surface area (Å²) in [5, 5.41) is 1.61. The zero-order valence-corrected chi connectivity index (χ0v) is 17.0. The summed E-state index contributed by atoms with van der Waals surface area (Å²) in [7, 11) is 0. The highest BCUT2D eigenvalue weighted by molar-refractivity contribution is 6.25. The lowest BCUT2D eigenvalue weighted by Gasteiger charge is -2.27. The molecule has 5 heteroatoms. The number of carbonyl (C=O) groups excluding carboxylic acids is 3. The van der Waals surface area contributed by atoms with Crippen molar-refractivity contribution in [1.82, 2.24) is 9.80 Å². The third-order valence-electron chi connectivity index (χ3n) is 5.58. The second kappa shape index (κ2) is 8.49. The van der Waals surface area contributed by atoms with Crippen molar-refractivity contribution in [3.8, 4) is 0 Å². The number of hydrogen-bond acceptors (Lipinski definition) is 3. The van der Waals surface area contributed by atoms with Gasteiger partial charge in [0.05, 0.1) is 0 Å². The maximum Gasteiger partial charge on any atom is 0.261 e. The molecule has 0 aromatic heterocycles. The molecular weight excluding hydrogens is 376 g/mol. The molecule has 0 saturated carbocycles. The van der Waals surface area contributed by atoms with Gasteiger partial charge in [-0.05, 0) is 36.4 Å². The summed E-state index contributed by atoms with van der Waals surface area (Å²) in [6, 6.07) is 20.9. The van der Waals surface area contributed by atoms with Crippen molar-refractivity contribution in [1.29, 1.82) is 0 Å². The van der Waals surface area contributed by atoms with E-state index in [4.69, 9.17) is 0 Å². The van der Waals surface area contributed by atoms with Gasteiger partial charge in [0.25, 0.3) is 11.8 Å². The molecule has 0 fully saturated rings. The lowest BCUT2D eigenvalue weighted by molar-refractivity contribution is -0.131. The maximum atomic E-state index is 12.9. The van der Waals surface area contributed by atoms with Gasteiger partial charge in [0, 0.05) is 42.6 Å². The highest BCUT2D eigenvalue weighted by Gasteiger charge is 2.32. The number of imide groups is 1. The normalized spacial score (nSPS) is 13.0. The fourth-order valence-corrected chi connectivity index (χ4v) is 4.01. The molecule has 4 rings (SSSR count). The smallest absolute Gasteiger partial charge is 0.261 e. The molecule has 0 atom stereocenters. The molecule has 3 amide bonds. The van der Waals surface area contributed by atoms with Gasteiger partial charge >= 0.3 is 0 Å². The molecule has 3 aromatic carbocycles. The Kier molecular flexibility index (Phi) is 5.61. The molecular formula is C25H24N2O3. The molecule has 152 valence electrons. The van der Waals surface area contributed by atoms with E-state index in [-0.39, 0.29) is 24.3 Å². The summed E-state index contributed by atoms with van der Waals surface area (Å²) >= 11 is 0. The average Bonchev–Trinajstić information content (AvgIpc) is 2.78. The Morgan fingerprint density at radius 1 is 0.867 bits per heavy atom. The first-order valence-corrected chi connectivity index (χ1v) is 10.3. The van der Waals surface area contributed by atoms with Gasteiger partial charge in [-0.15, -0.1) is 0 Å². The fourth-order valence-electron chi connectivity index (χ4n) is 4.01. The minimum atomic E-state index is -0.284. The monoisotopic (exact) mass is 400 g/mol. The van der Waals surface area contributed by atoms with Gasteiger partial charge in [-0.2, -0.15) is 0 Å². The summed E-state index contributed by atoms with van der Waals surface area (Å²) in [6.07, 6.45) is 0.739. The Balaban J connectivity index is 1.42. The predicted molar refractivity (Wildman–Crippen MR) is 116 cm³/mol. The number of rotatable bonds is 7. The second-order valence-electron chi connectivity index (χ2n) is 7.47. The summed E-state index contributed by atoms with van der Waals surface area (Å²) in [5.41, 5.74) is 2.18. The van der Waals surface area contributed by atoms with Crippen molar-refractivity contribution >= 4 is 28.5 Å². The van der Waals surface area contributed by atoms with Crippen molar-refractivity contribution < 1.29 is 14.4 Å². The zero-order chi connectivity index (χ0) is 21.1. The van der Waals surface area contributed by atoms with E-state index in [1.807, 2.05) is 61.5 Å². The highest BCUT2D eigenvalue weighted by atomic mass is 16.2. The molecule has 0 aliphatic carbocycles. The standard InChI is InChI=1S/C25H24N2O3/c1-2-26(17-18-9-4-3-5-10-18)22(28)15-8-16-27-24(29)20-13-6-11-19-12-7-14-21(23(19)20)25(27)30/h3-7,9-14H,2,8,15-17H2,1H3. The van der Waals surface area contributed by atoms with Crippen LogP contribution in [0.15, 0.2) is 66.7 Å². The van der Waals surface area contributed by atoms with Crippen LogP contribution in [0, 0.1) is 0 Å². The molecule has 30 heavy (non-hydrogen) atoms. The third-order valence-corrected chi connectivity index (χ3v) is 5.58. The molecule has 0 unspecified atom stereocenters. The van der Waals surface area contributed by atoms with Gasteiger partial charge in [0.15, 0.2) is 0 Å². The molecule has 0 radical (unpaired) electrons. The molecule has 0 N–H and O–H groups in total. The van der Waals surface area contributed by atoms with E-state index < -0.39 is 0 Å². The van der Waals surface area contributed by atoms with Crippen molar-refractivity contribution in [3.05, 3.63) is 83.4 Å². The number of amides is 3. The lowest BCUT2D eigenvalue weighted by Crippen LogP contribution is -2.41. The number of nitrogens with zero attached hydrogens (tertiary/aromatic N) is 2. The van der Waals surface area contributed by atoms with Crippen LogP contribution in [-0.2, 0) is 11.3 Å². The van der Waals surface area contributed by atoms with Gasteiger partial charge in [-0.25, -0.2) is 0 Å². The Labute approximate surface area is 175 Å². The quantitative estimate of drug-likeness (QED) is 0.557. The largest absolute Gasteiger partial charge is 0.339 e. The highest BCUT2D eigenvalue weighted by Crippen LogP contribution is 2.30. The van der Waals surface area contributed by atoms with Crippen LogP contribution in [0.1, 0.15) is 46.0 Å². The number of carbonyl (C=O) groups is 3. The molecule has 1 aliphatic rings. The first-order valence-electron chi connectivity index (χ1n) is 10.3. The van der Waals surface area contributed by atoms with Crippen LogP contribution in [0.25, 0.3) is 10.8 Å². The predicted octanol–water partition coefficient (Wildman–Crippen LogP) is 4.26. The van der Waals surface area contributed by atoms with E-state index in [9.17, 15) is 14.4 Å². The SMILES string of the molecule is CCN(Cc1ccccc1)C(=O)CCCN1C(=O)c2cccc3cccc(c23)C1=O. The van der Waals surface area contributed by atoms with Gasteiger partial charge in [0.1, 0.15) is 0 Å². The van der Waals surface area contributed by atoms with Crippen LogP contribution in [0.2, 0.25) is 0 Å². The van der Waals surface area contributed by atoms with Crippen LogP contribution in [0.4, 0.5) is 0 Å². The second-order valence-corrected chi connectivity index (χ2v) is 7.47. The van der Waals surface area contributed by atoms with Gasteiger partial charge in [0.2, 0.25) is 5.91 Å². The van der Waals surface area contributed by atoms with Gasteiger partial charge in [-0.3, -0.25) is 19.3 Å². The number of benzene rings is 3. The summed E-state index contributed by atoms with van der Waals surface area (Å²) in [4.78, 5) is 41.6. The average molecular weight is 400 g/mol. The fraction of sp³-hybridized carbons (Fsp3) is 0.240. The minimum absolute atomic E-state index is 0.0285. The van der Waals surface area contributed by atoms with Crippen molar-refractivity contribution in [3.63, 3.8) is 0 Å². The minimum Gasteiger partial charge on any atom is -0.339 e. The van der Waals surface area contributed by atoms with Crippen molar-refractivity contribution in [2.45, 2.75) is 26.3 Å². The van der Waals surface area contributed by atoms with Crippen LogP contribution >= 0.6 is 0 Å². The number of hydrogen-bond donors (Lipinski definition) is 0. The topological polar surface area (TPSA) is 57.7 Å². The van der Waals surface area contributed by atoms with Crippen LogP contribution in [-0.4, -0.2) is 40.6 Å². The van der Waals surface area contributed by atoms with Gasteiger partial charge < -0.3 is 4.90 Å². The van der Waals surface area contributed by atoms with E-state index in [1.54, 1.807) is 17.0 Å². The molecule has 0 saturated heterocycles. The molecule has 0 spiro atoms. The molecule has 1 heterocycles. The Bertz CT molecular complexity index is 1060. The zero-order valence-electron chi connectivity index (χ0n) is 17.0.